The number of ether oxygens (including phenoxy) is 1. The zero-order valence-electron chi connectivity index (χ0n) is 19.5. The molecule has 0 radical (unpaired) electrons. The number of alkyl halides is 2. The maximum Gasteiger partial charge on any atom is 0.407 e. The van der Waals surface area contributed by atoms with Gasteiger partial charge in [-0.2, -0.15) is 0 Å². The van der Waals surface area contributed by atoms with Crippen LogP contribution in [-0.4, -0.2) is 60.1 Å². The molecule has 1 saturated heterocycles. The summed E-state index contributed by atoms with van der Waals surface area (Å²) in [5.41, 5.74) is 2.91. The molecule has 2 amide bonds. The smallest absolute Gasteiger partial charge is 0.407 e. The number of carboxylic acids is 1. The van der Waals surface area contributed by atoms with Gasteiger partial charge in [-0.15, -0.1) is 0 Å². The van der Waals surface area contributed by atoms with Gasteiger partial charge in [0, 0.05) is 25.4 Å². The van der Waals surface area contributed by atoms with E-state index in [1.165, 1.54) is 11.8 Å². The van der Waals surface area contributed by atoms with Crippen molar-refractivity contribution < 1.29 is 33.0 Å². The van der Waals surface area contributed by atoms with E-state index in [2.05, 4.69) is 5.32 Å². The normalized spacial score (nSPS) is 22.0. The molecule has 1 aliphatic heterocycles. The summed E-state index contributed by atoms with van der Waals surface area (Å²) >= 11 is 0. The number of nitrogens with zero attached hydrogens (tertiary/aromatic N) is 1. The van der Waals surface area contributed by atoms with Gasteiger partial charge in [-0.25, -0.2) is 13.6 Å². The molecule has 0 bridgehead atoms. The topological polar surface area (TPSA) is 95.9 Å². The van der Waals surface area contributed by atoms with Gasteiger partial charge in [-0.3, -0.25) is 9.59 Å². The van der Waals surface area contributed by atoms with Crippen LogP contribution >= 0.6 is 0 Å². The van der Waals surface area contributed by atoms with E-state index in [1.807, 2.05) is 48.5 Å². The first-order valence-corrected chi connectivity index (χ1v) is 11.5. The number of carbonyl (C=O) groups is 3. The minimum absolute atomic E-state index is 0.0206. The van der Waals surface area contributed by atoms with Crippen molar-refractivity contribution >= 4 is 18.0 Å². The van der Waals surface area contributed by atoms with Gasteiger partial charge in [-0.05, 0) is 35.1 Å². The fraction of sp³-hybridized carbons (Fsp3) is 0.423. The molecular weight excluding hydrogens is 458 g/mol. The largest absolute Gasteiger partial charge is 0.481 e. The van der Waals surface area contributed by atoms with Crippen molar-refractivity contribution in [2.24, 2.45) is 11.3 Å². The minimum atomic E-state index is -2.84. The second-order valence-corrected chi connectivity index (χ2v) is 9.49. The third-order valence-corrected chi connectivity index (χ3v) is 7.25. The van der Waals surface area contributed by atoms with Crippen molar-refractivity contribution in [2.75, 3.05) is 19.7 Å². The maximum atomic E-state index is 13.2. The summed E-state index contributed by atoms with van der Waals surface area (Å²) in [5, 5.41) is 11.8. The lowest BCUT2D eigenvalue weighted by atomic mass is 9.81. The van der Waals surface area contributed by atoms with E-state index in [0.717, 1.165) is 22.3 Å². The van der Waals surface area contributed by atoms with E-state index >= 15 is 0 Å². The molecule has 0 saturated carbocycles. The molecule has 186 valence electrons. The lowest BCUT2D eigenvalue weighted by Crippen LogP contribution is -2.49. The lowest BCUT2D eigenvalue weighted by Gasteiger charge is -2.25. The van der Waals surface area contributed by atoms with Crippen molar-refractivity contribution in [3.8, 4) is 11.1 Å². The Morgan fingerprint density at radius 2 is 1.69 bits per heavy atom. The Bertz CT molecular complexity index is 1090. The zero-order chi connectivity index (χ0) is 25.3. The Balaban J connectivity index is 1.44. The van der Waals surface area contributed by atoms with Gasteiger partial charge in [0.2, 0.25) is 12.3 Å². The molecule has 2 aromatic rings. The second-order valence-electron chi connectivity index (χ2n) is 9.49. The highest BCUT2D eigenvalue weighted by molar-refractivity contribution is 5.87. The zero-order valence-corrected chi connectivity index (χ0v) is 19.5. The van der Waals surface area contributed by atoms with Gasteiger partial charge < -0.3 is 20.1 Å². The molecule has 4 rings (SSSR count). The van der Waals surface area contributed by atoms with Crippen LogP contribution in [0.15, 0.2) is 48.5 Å². The fourth-order valence-electron chi connectivity index (χ4n) is 5.00. The van der Waals surface area contributed by atoms with Gasteiger partial charge in [0.25, 0.3) is 0 Å². The van der Waals surface area contributed by atoms with Crippen LogP contribution in [0.2, 0.25) is 0 Å². The summed E-state index contributed by atoms with van der Waals surface area (Å²) in [7, 11) is 0. The Kier molecular flexibility index (Phi) is 6.78. The number of alkyl carbamates (subject to hydrolysis) is 1. The van der Waals surface area contributed by atoms with Crippen LogP contribution in [0.25, 0.3) is 11.1 Å². The maximum absolute atomic E-state index is 13.2. The van der Waals surface area contributed by atoms with Crippen LogP contribution in [-0.2, 0) is 14.3 Å². The first-order valence-electron chi connectivity index (χ1n) is 11.5. The third kappa shape index (κ3) is 4.72. The molecule has 1 fully saturated rings. The number of rotatable bonds is 7. The summed E-state index contributed by atoms with van der Waals surface area (Å²) < 4.78 is 31.9. The summed E-state index contributed by atoms with van der Waals surface area (Å²) in [6, 6.07) is 14.0. The Hall–Kier alpha value is -3.49. The molecule has 2 aromatic carbocycles. The first-order chi connectivity index (χ1) is 16.6. The number of amides is 2. The third-order valence-electron chi connectivity index (χ3n) is 7.25. The van der Waals surface area contributed by atoms with Crippen LogP contribution in [0.4, 0.5) is 13.6 Å². The monoisotopic (exact) mass is 486 g/mol. The number of benzene rings is 2. The Morgan fingerprint density at radius 1 is 1.11 bits per heavy atom. The number of halogens is 2. The second kappa shape index (κ2) is 9.64. The van der Waals surface area contributed by atoms with Crippen molar-refractivity contribution in [2.45, 2.75) is 38.7 Å². The van der Waals surface area contributed by atoms with Crippen molar-refractivity contribution in [1.82, 2.24) is 10.2 Å². The Morgan fingerprint density at radius 3 is 2.20 bits per heavy atom. The van der Waals surface area contributed by atoms with Crippen molar-refractivity contribution in [3.63, 3.8) is 0 Å². The summed E-state index contributed by atoms with van der Waals surface area (Å²) in [6.07, 6.45) is -4.71. The predicted molar refractivity (Wildman–Crippen MR) is 124 cm³/mol. The van der Waals surface area contributed by atoms with Gasteiger partial charge >= 0.3 is 12.1 Å². The molecule has 3 atom stereocenters. The quantitative estimate of drug-likeness (QED) is 0.614. The number of hydrogen-bond acceptors (Lipinski definition) is 4. The number of fused-ring (bicyclic) bond motifs is 3. The molecule has 0 aromatic heterocycles. The number of hydrogen-bond donors (Lipinski definition) is 2. The van der Waals surface area contributed by atoms with Gasteiger partial charge in [0.15, 0.2) is 0 Å². The van der Waals surface area contributed by atoms with E-state index in [-0.39, 0.29) is 31.5 Å². The molecule has 1 heterocycles. The summed E-state index contributed by atoms with van der Waals surface area (Å²) in [5.74, 6) is -2.38. The highest BCUT2D eigenvalue weighted by Gasteiger charge is 2.49. The van der Waals surface area contributed by atoms with Crippen LogP contribution in [0.1, 0.15) is 37.3 Å². The molecule has 2 N–H and O–H groups in total. The molecule has 0 spiro atoms. The highest BCUT2D eigenvalue weighted by Crippen LogP contribution is 2.44. The number of carboxylic acid groups (broad SMARTS) is 1. The molecular formula is C26H28F2N2O5. The molecule has 1 aliphatic carbocycles. The minimum Gasteiger partial charge on any atom is -0.481 e. The van der Waals surface area contributed by atoms with Crippen LogP contribution < -0.4 is 5.32 Å². The number of likely N-dealkylation sites (tertiary alicyclic amines) is 1. The van der Waals surface area contributed by atoms with Crippen molar-refractivity contribution in [3.05, 3.63) is 59.7 Å². The summed E-state index contributed by atoms with van der Waals surface area (Å²) in [6.45, 7) is 3.19. The average molecular weight is 487 g/mol. The fourth-order valence-corrected chi connectivity index (χ4v) is 5.00. The first kappa shape index (κ1) is 24.6. The SMILES string of the molecule is C[C@H]1CN(C(=O)C(CC(F)F)NC(=O)OCC2c3ccccc3-c3ccccc32)C[C@]1(C)C(=O)O. The standard InChI is InChI=1S/C26H28F2N2O5/c1-15-12-30(14-26(15,2)24(32)33)23(31)21(11-22(27)28)29-25(34)35-13-20-18-9-5-3-7-16(18)17-8-4-6-10-19(17)20/h3-10,15,20-22H,11-14H2,1-2H3,(H,29,34)(H,32,33)/t15-,21?,26-/m0/s1. The van der Waals surface area contributed by atoms with Crippen LogP contribution in [0, 0.1) is 11.3 Å². The molecule has 2 aliphatic rings. The number of nitrogens with one attached hydrogen (secondary N) is 1. The predicted octanol–water partition coefficient (Wildman–Crippen LogP) is 4.12. The average Bonchev–Trinajstić information content (AvgIpc) is 3.31. The van der Waals surface area contributed by atoms with E-state index in [4.69, 9.17) is 4.74 Å². The number of carbonyl (C=O) groups excluding carboxylic acids is 2. The lowest BCUT2D eigenvalue weighted by molar-refractivity contribution is -0.149. The molecule has 1 unspecified atom stereocenters. The van der Waals surface area contributed by atoms with E-state index in [0.29, 0.717) is 0 Å². The molecule has 7 nitrogen and oxygen atoms in total. The van der Waals surface area contributed by atoms with Gasteiger partial charge in [0.1, 0.15) is 12.6 Å². The van der Waals surface area contributed by atoms with E-state index in [1.54, 1.807) is 6.92 Å². The molecule has 9 heteroatoms. The van der Waals surface area contributed by atoms with Gasteiger partial charge in [-0.1, -0.05) is 55.5 Å². The van der Waals surface area contributed by atoms with E-state index in [9.17, 15) is 28.3 Å². The van der Waals surface area contributed by atoms with E-state index < -0.39 is 42.3 Å². The van der Waals surface area contributed by atoms with Gasteiger partial charge in [0.05, 0.1) is 5.41 Å². The number of aliphatic carboxylic acids is 1. The van der Waals surface area contributed by atoms with Crippen LogP contribution in [0.3, 0.4) is 0 Å². The highest BCUT2D eigenvalue weighted by atomic mass is 19.3. The Labute approximate surface area is 202 Å². The summed E-state index contributed by atoms with van der Waals surface area (Å²) in [4.78, 5) is 38.5. The molecule has 35 heavy (non-hydrogen) atoms. The van der Waals surface area contributed by atoms with Crippen molar-refractivity contribution in [1.29, 1.82) is 0 Å². The van der Waals surface area contributed by atoms with Crippen LogP contribution in [0.5, 0.6) is 0 Å².